The van der Waals surface area contributed by atoms with Crippen molar-refractivity contribution in [1.29, 1.82) is 0 Å². The highest BCUT2D eigenvalue weighted by Gasteiger charge is 2.30. The van der Waals surface area contributed by atoms with Crippen LogP contribution in [0.15, 0.2) is 70.0 Å². The van der Waals surface area contributed by atoms with Crippen LogP contribution in [0, 0.1) is 0 Å². The van der Waals surface area contributed by atoms with E-state index in [9.17, 15) is 22.8 Å². The van der Waals surface area contributed by atoms with Gasteiger partial charge in [0, 0.05) is 12.1 Å². The van der Waals surface area contributed by atoms with Crippen LogP contribution in [-0.2, 0) is 6.18 Å². The SMILES string of the molecule is O=C(/C=C/c1ccc(C(F)(F)F)cc1)c1c(=O)o[nH][n+]1-c1ccccc1. The van der Waals surface area contributed by atoms with Gasteiger partial charge in [-0.1, -0.05) is 36.4 Å². The molecule has 0 saturated heterocycles. The Morgan fingerprint density at radius 2 is 1.69 bits per heavy atom. The highest BCUT2D eigenvalue weighted by atomic mass is 19.4. The number of allylic oxidation sites excluding steroid dienone is 1. The van der Waals surface area contributed by atoms with E-state index in [1.165, 1.54) is 22.9 Å². The largest absolute Gasteiger partial charge is 0.439 e. The number of nitrogens with zero attached hydrogens (tertiary/aromatic N) is 1. The van der Waals surface area contributed by atoms with Crippen molar-refractivity contribution < 1.29 is 27.2 Å². The molecule has 8 heteroatoms. The van der Waals surface area contributed by atoms with Crippen LogP contribution in [0.4, 0.5) is 13.2 Å². The lowest BCUT2D eigenvalue weighted by Crippen LogP contribution is -2.40. The van der Waals surface area contributed by atoms with Gasteiger partial charge in [0.2, 0.25) is 5.69 Å². The van der Waals surface area contributed by atoms with E-state index in [4.69, 9.17) is 0 Å². The quantitative estimate of drug-likeness (QED) is 0.441. The van der Waals surface area contributed by atoms with Crippen LogP contribution >= 0.6 is 0 Å². The summed E-state index contributed by atoms with van der Waals surface area (Å²) in [5, 5.41) is 2.34. The van der Waals surface area contributed by atoms with E-state index in [0.717, 1.165) is 18.2 Å². The molecule has 0 radical (unpaired) electrons. The van der Waals surface area contributed by atoms with Crippen LogP contribution in [0.1, 0.15) is 21.6 Å². The van der Waals surface area contributed by atoms with Crippen molar-refractivity contribution in [3.63, 3.8) is 0 Å². The first kappa shape index (κ1) is 17.4. The number of carbonyl (C=O) groups is 1. The lowest BCUT2D eigenvalue weighted by atomic mass is 10.1. The number of hydrogen-bond donors (Lipinski definition) is 1. The molecule has 2 aromatic carbocycles. The number of nitrogens with one attached hydrogen (secondary N) is 1. The van der Waals surface area contributed by atoms with E-state index < -0.39 is 23.1 Å². The van der Waals surface area contributed by atoms with Crippen LogP contribution < -0.4 is 10.3 Å². The average Bonchev–Trinajstić information content (AvgIpc) is 3.02. The van der Waals surface area contributed by atoms with Crippen LogP contribution in [0.3, 0.4) is 0 Å². The maximum absolute atomic E-state index is 12.5. The van der Waals surface area contributed by atoms with Gasteiger partial charge in [0.05, 0.1) is 5.56 Å². The Kier molecular flexibility index (Phi) is 4.57. The van der Waals surface area contributed by atoms with E-state index in [-0.39, 0.29) is 5.69 Å². The summed E-state index contributed by atoms with van der Waals surface area (Å²) in [4.78, 5) is 24.2. The minimum atomic E-state index is -4.43. The predicted octanol–water partition coefficient (Wildman–Crippen LogP) is 3.16. The summed E-state index contributed by atoms with van der Waals surface area (Å²) in [7, 11) is 0. The zero-order valence-corrected chi connectivity index (χ0v) is 13.2. The molecule has 1 heterocycles. The minimum absolute atomic E-state index is 0.251. The predicted molar refractivity (Wildman–Crippen MR) is 85.7 cm³/mol. The van der Waals surface area contributed by atoms with Gasteiger partial charge in [0.15, 0.2) is 0 Å². The van der Waals surface area contributed by atoms with Crippen LogP contribution in [0.2, 0.25) is 0 Å². The molecule has 0 amide bonds. The maximum Gasteiger partial charge on any atom is 0.439 e. The first-order valence-electron chi connectivity index (χ1n) is 7.45. The number of rotatable bonds is 4. The number of ketones is 1. The van der Waals surface area contributed by atoms with Crippen LogP contribution in [0.5, 0.6) is 0 Å². The van der Waals surface area contributed by atoms with Gasteiger partial charge in [-0.2, -0.15) is 13.2 Å². The topological polar surface area (TPSA) is 67.0 Å². The molecular weight excluding hydrogens is 349 g/mol. The van der Waals surface area contributed by atoms with Gasteiger partial charge in [0.25, 0.3) is 5.78 Å². The fraction of sp³-hybridized carbons (Fsp3) is 0.0556. The van der Waals surface area contributed by atoms with Crippen molar-refractivity contribution in [3.05, 3.63) is 87.9 Å². The lowest BCUT2D eigenvalue weighted by Gasteiger charge is -2.05. The molecule has 5 nitrogen and oxygen atoms in total. The summed E-state index contributed by atoms with van der Waals surface area (Å²) >= 11 is 0. The molecule has 0 saturated carbocycles. The van der Waals surface area contributed by atoms with Crippen molar-refractivity contribution in [2.75, 3.05) is 0 Å². The number of aromatic amines is 1. The normalized spacial score (nSPS) is 11.8. The summed E-state index contributed by atoms with van der Waals surface area (Å²) < 4.78 is 43.5. The lowest BCUT2D eigenvalue weighted by molar-refractivity contribution is -0.672. The zero-order chi connectivity index (χ0) is 18.7. The van der Waals surface area contributed by atoms with Crippen molar-refractivity contribution in [1.82, 2.24) is 5.27 Å². The van der Waals surface area contributed by atoms with Crippen LogP contribution in [-0.4, -0.2) is 11.1 Å². The monoisotopic (exact) mass is 361 g/mol. The van der Waals surface area contributed by atoms with Crippen molar-refractivity contribution >= 4 is 11.9 Å². The average molecular weight is 361 g/mol. The number of H-pyrrole nitrogens is 1. The van der Waals surface area contributed by atoms with Crippen molar-refractivity contribution in [3.8, 4) is 5.69 Å². The second-order valence-corrected chi connectivity index (χ2v) is 5.32. The Balaban J connectivity index is 1.86. The molecule has 0 aliphatic heterocycles. The number of benzene rings is 2. The van der Waals surface area contributed by atoms with E-state index in [1.54, 1.807) is 30.3 Å². The molecule has 26 heavy (non-hydrogen) atoms. The first-order chi connectivity index (χ1) is 12.4. The van der Waals surface area contributed by atoms with Gasteiger partial charge in [-0.05, 0) is 33.7 Å². The highest BCUT2D eigenvalue weighted by molar-refractivity contribution is 6.04. The highest BCUT2D eigenvalue weighted by Crippen LogP contribution is 2.29. The van der Waals surface area contributed by atoms with Crippen molar-refractivity contribution in [2.24, 2.45) is 0 Å². The fourth-order valence-corrected chi connectivity index (χ4v) is 2.28. The molecular formula is C18H12F3N2O3+. The van der Waals surface area contributed by atoms with Gasteiger partial charge >= 0.3 is 17.5 Å². The number of para-hydroxylation sites is 1. The second kappa shape index (κ2) is 6.83. The van der Waals surface area contributed by atoms with E-state index >= 15 is 0 Å². The summed E-state index contributed by atoms with van der Waals surface area (Å²) in [6, 6.07) is 12.9. The fourth-order valence-electron chi connectivity index (χ4n) is 2.28. The van der Waals surface area contributed by atoms with Gasteiger partial charge in [-0.25, -0.2) is 4.79 Å². The van der Waals surface area contributed by atoms with E-state index in [1.807, 2.05) is 0 Å². The molecule has 0 aliphatic carbocycles. The summed E-state index contributed by atoms with van der Waals surface area (Å²) in [5.74, 6) is -0.649. The van der Waals surface area contributed by atoms with Crippen LogP contribution in [0.25, 0.3) is 11.8 Å². The third-order valence-electron chi connectivity index (χ3n) is 3.56. The molecule has 3 rings (SSSR count). The summed E-state index contributed by atoms with van der Waals surface area (Å²) in [5.41, 5.74) is -0.980. The number of aromatic nitrogens is 2. The molecule has 132 valence electrons. The number of carbonyl (C=O) groups excluding carboxylic acids is 1. The molecule has 0 spiro atoms. The standard InChI is InChI=1S/C18H11F3N2O3/c19-18(20,21)13-9-6-12(7-10-13)8-11-15(24)16-17(25)26-22-23(16)14-4-2-1-3-5-14/h1-11H/p+1/b11-8+. The second-order valence-electron chi connectivity index (χ2n) is 5.32. The molecule has 1 aromatic heterocycles. The Labute approximate surface area is 144 Å². The minimum Gasteiger partial charge on any atom is -0.282 e. The third kappa shape index (κ3) is 3.64. The van der Waals surface area contributed by atoms with Gasteiger partial charge < -0.3 is 0 Å². The molecule has 0 bridgehead atoms. The van der Waals surface area contributed by atoms with Gasteiger partial charge in [0.1, 0.15) is 0 Å². The first-order valence-corrected chi connectivity index (χ1v) is 7.45. The molecule has 0 atom stereocenters. The zero-order valence-electron chi connectivity index (χ0n) is 13.2. The number of alkyl halides is 3. The maximum atomic E-state index is 12.5. The summed E-state index contributed by atoms with van der Waals surface area (Å²) in [6.07, 6.45) is -2.00. The molecule has 3 aromatic rings. The molecule has 0 unspecified atom stereocenters. The Morgan fingerprint density at radius 3 is 2.31 bits per heavy atom. The van der Waals surface area contributed by atoms with Crippen molar-refractivity contribution in [2.45, 2.75) is 6.18 Å². The summed E-state index contributed by atoms with van der Waals surface area (Å²) in [6.45, 7) is 0. The Morgan fingerprint density at radius 1 is 1.04 bits per heavy atom. The third-order valence-corrected chi connectivity index (χ3v) is 3.56. The molecule has 1 N–H and O–H groups in total. The number of hydrogen-bond acceptors (Lipinski definition) is 3. The molecule has 0 fully saturated rings. The van der Waals surface area contributed by atoms with E-state index in [0.29, 0.717) is 11.3 Å². The van der Waals surface area contributed by atoms with Gasteiger partial charge in [-0.15, -0.1) is 0 Å². The van der Waals surface area contributed by atoms with Gasteiger partial charge in [-0.3, -0.25) is 9.32 Å². The number of halogens is 3. The Hall–Kier alpha value is -3.42. The Bertz CT molecular complexity index is 1000. The smallest absolute Gasteiger partial charge is 0.282 e. The molecule has 0 aliphatic rings. The van der Waals surface area contributed by atoms with E-state index in [2.05, 4.69) is 9.79 Å².